The van der Waals surface area contributed by atoms with Crippen LogP contribution < -0.4 is 0 Å². The zero-order valence-electron chi connectivity index (χ0n) is 50.5. The van der Waals surface area contributed by atoms with Crippen molar-refractivity contribution in [2.45, 2.75) is 217 Å². The van der Waals surface area contributed by atoms with Gasteiger partial charge in [0.1, 0.15) is 0 Å². The zero-order valence-corrected chi connectivity index (χ0v) is 50.5. The smallest absolute Gasteiger partial charge is 0.312 e. The van der Waals surface area contributed by atoms with Gasteiger partial charge in [0.2, 0.25) is 0 Å². The maximum Gasteiger partial charge on any atom is 0.312 e. The molecular weight excluding hydrogens is 921 g/mol. The topological polar surface area (TPSA) is 89.5 Å². The number of fused-ring (bicyclic) bond motifs is 14. The summed E-state index contributed by atoms with van der Waals surface area (Å²) in [4.78, 5) is 27.1. The first-order valence-corrected chi connectivity index (χ1v) is 30.6. The van der Waals surface area contributed by atoms with Crippen molar-refractivity contribution in [2.24, 2.45) is 119 Å². The molecule has 0 aromatic carbocycles. The highest BCUT2D eigenvalue weighted by Crippen LogP contribution is 2.80. The Hall–Kier alpha value is -1.48. The number of methoxy groups -OCH3 is 6. The molecule has 10 aliphatic carbocycles. The van der Waals surface area contributed by atoms with Gasteiger partial charge in [0.15, 0.2) is 0 Å². The van der Waals surface area contributed by atoms with Crippen molar-refractivity contribution in [1.82, 2.24) is 0 Å². The molecule has 13 unspecified atom stereocenters. The summed E-state index contributed by atoms with van der Waals surface area (Å²) in [5.74, 6) is 6.27. The normalized spacial score (nSPS) is 50.8. The van der Waals surface area contributed by atoms with Crippen LogP contribution in [0.15, 0.2) is 12.2 Å². The summed E-state index contributed by atoms with van der Waals surface area (Å²) >= 11 is 0. The predicted octanol–water partition coefficient (Wildman–Crippen LogP) is 15.0. The Morgan fingerprint density at radius 3 is 1.35 bits per heavy atom. The SMILES string of the molecule is C=C(COC)[C@@H]1CCC2(C(=O)OC)CC[C@]3(C)C(CCC4[C@@]5(C)CCC(OC)C(C)(C)C5CC[C@]43C)C12.COCC(C)[C@@H]1CCC2(C(=O)OC)CC[C@]3(C)C(CCC4[C@@]5(C)CCC(OC)C(C)(C)C5CC[C@]43C)C12. The molecule has 0 spiro atoms. The zero-order chi connectivity index (χ0) is 54.0. The number of carbonyl (C=O) groups excluding carboxylic acids is 2. The van der Waals surface area contributed by atoms with Crippen LogP contribution in [0.4, 0.5) is 0 Å². The van der Waals surface area contributed by atoms with E-state index in [1.165, 1.54) is 89.0 Å². The van der Waals surface area contributed by atoms with Crippen LogP contribution in [0.3, 0.4) is 0 Å². The summed E-state index contributed by atoms with van der Waals surface area (Å²) < 4.78 is 34.5. The van der Waals surface area contributed by atoms with Crippen molar-refractivity contribution in [3.63, 3.8) is 0 Å². The minimum atomic E-state index is -0.344. The van der Waals surface area contributed by atoms with Gasteiger partial charge < -0.3 is 28.4 Å². The highest BCUT2D eigenvalue weighted by atomic mass is 16.5. The maximum atomic E-state index is 13.5. The second-order valence-electron chi connectivity index (χ2n) is 30.7. The summed E-state index contributed by atoms with van der Waals surface area (Å²) in [6.45, 7) is 34.2. The molecule has 10 saturated carbocycles. The Labute approximate surface area is 452 Å². The van der Waals surface area contributed by atoms with E-state index in [0.717, 1.165) is 69.3 Å². The second kappa shape index (κ2) is 19.7. The summed E-state index contributed by atoms with van der Waals surface area (Å²) in [5, 5.41) is 0. The number of esters is 2. The molecular formula is C66H110O8. The van der Waals surface area contributed by atoms with E-state index in [4.69, 9.17) is 28.4 Å². The van der Waals surface area contributed by atoms with Gasteiger partial charge in [0, 0.05) is 35.0 Å². The van der Waals surface area contributed by atoms with Crippen LogP contribution in [0.2, 0.25) is 0 Å². The van der Waals surface area contributed by atoms with Crippen molar-refractivity contribution in [3.8, 4) is 0 Å². The molecule has 0 bridgehead atoms. The fraction of sp³-hybridized carbons (Fsp3) is 0.939. The average Bonchev–Trinajstić information content (AvgIpc) is 3.95. The van der Waals surface area contributed by atoms with E-state index in [9.17, 15) is 9.59 Å². The minimum Gasteiger partial charge on any atom is -0.469 e. The molecule has 0 heterocycles. The molecule has 10 aliphatic rings. The molecule has 0 saturated heterocycles. The van der Waals surface area contributed by atoms with Gasteiger partial charge in [-0.2, -0.15) is 0 Å². The third kappa shape index (κ3) is 7.69. The van der Waals surface area contributed by atoms with Crippen LogP contribution in [0.25, 0.3) is 0 Å². The minimum absolute atomic E-state index is 0.0369. The first-order chi connectivity index (χ1) is 34.7. The highest BCUT2D eigenvalue weighted by Gasteiger charge is 2.74. The van der Waals surface area contributed by atoms with Crippen LogP contribution >= 0.6 is 0 Å². The summed E-state index contributed by atoms with van der Waals surface area (Å²) in [5.41, 5.74) is 2.81. The fourth-order valence-electron chi connectivity index (χ4n) is 24.9. The predicted molar refractivity (Wildman–Crippen MR) is 296 cm³/mol. The van der Waals surface area contributed by atoms with Gasteiger partial charge in [-0.25, -0.2) is 0 Å². The molecule has 0 radical (unpaired) electrons. The van der Waals surface area contributed by atoms with Crippen LogP contribution in [0.1, 0.15) is 205 Å². The number of rotatable bonds is 10. The standard InChI is InChI=1S/C33H56O4.C33H54O4/c2*1-21(20-35-7)22-12-17-33(28(34)37-9)19-18-31(5)23(27(22)33)10-11-25-30(4)15-14-26(36-8)29(2,3)24(30)13-16-32(25,31)6/h21-27H,10-20H2,1-9H3;22-27H,1,10-20H2,2-9H3/t21?,22-,23?,24?,25?,26?,27?,30-,31+,32+,33?;22-,23?,24?,25?,26?,27?,30-,31+,32+,33?/m00/s1. The van der Waals surface area contributed by atoms with Crippen molar-refractivity contribution in [2.75, 3.05) is 55.9 Å². The number of ether oxygens (including phenoxy) is 6. The van der Waals surface area contributed by atoms with Crippen LogP contribution in [0.5, 0.6) is 0 Å². The largest absolute Gasteiger partial charge is 0.469 e. The first kappa shape index (κ1) is 57.2. The average molecular weight is 1030 g/mol. The lowest BCUT2D eigenvalue weighted by molar-refractivity contribution is -0.252. The van der Waals surface area contributed by atoms with Crippen LogP contribution in [-0.2, 0) is 38.0 Å². The summed E-state index contributed by atoms with van der Waals surface area (Å²) in [6.07, 6.45) is 24.4. The Morgan fingerprint density at radius 2 is 0.919 bits per heavy atom. The number of hydrogen-bond donors (Lipinski definition) is 0. The first-order valence-electron chi connectivity index (χ1n) is 30.6. The molecule has 10 fully saturated rings. The molecule has 21 atom stereocenters. The number of hydrogen-bond acceptors (Lipinski definition) is 8. The molecule has 0 N–H and O–H groups in total. The quantitative estimate of drug-likeness (QED) is 0.158. The maximum absolute atomic E-state index is 13.5. The van der Waals surface area contributed by atoms with Crippen molar-refractivity contribution in [3.05, 3.63) is 12.2 Å². The molecule has 422 valence electrons. The van der Waals surface area contributed by atoms with E-state index in [0.29, 0.717) is 82.4 Å². The summed E-state index contributed by atoms with van der Waals surface area (Å²) in [6, 6.07) is 0. The van der Waals surface area contributed by atoms with E-state index in [1.54, 1.807) is 21.3 Å². The van der Waals surface area contributed by atoms with E-state index in [2.05, 4.69) is 82.7 Å². The van der Waals surface area contributed by atoms with E-state index in [-0.39, 0.29) is 49.8 Å². The van der Waals surface area contributed by atoms with Crippen molar-refractivity contribution < 1.29 is 38.0 Å². The molecule has 8 nitrogen and oxygen atoms in total. The lowest BCUT2D eigenvalue weighted by Crippen LogP contribution is -2.67. The molecule has 0 aromatic rings. The van der Waals surface area contributed by atoms with Gasteiger partial charge in [0.25, 0.3) is 0 Å². The monoisotopic (exact) mass is 1030 g/mol. The van der Waals surface area contributed by atoms with Crippen molar-refractivity contribution in [1.29, 1.82) is 0 Å². The van der Waals surface area contributed by atoms with Gasteiger partial charge in [-0.15, -0.1) is 0 Å². The summed E-state index contributed by atoms with van der Waals surface area (Å²) in [7, 11) is 10.6. The highest BCUT2D eigenvalue weighted by molar-refractivity contribution is 5.79. The molecule has 0 aliphatic heterocycles. The van der Waals surface area contributed by atoms with Gasteiger partial charge in [-0.3, -0.25) is 9.59 Å². The van der Waals surface area contributed by atoms with Crippen LogP contribution in [0, 0.1) is 119 Å². The Kier molecular flexibility index (Phi) is 15.2. The molecule has 0 aromatic heterocycles. The van der Waals surface area contributed by atoms with Crippen LogP contribution in [-0.4, -0.2) is 80.0 Å². The van der Waals surface area contributed by atoms with E-state index < -0.39 is 0 Å². The van der Waals surface area contributed by atoms with E-state index in [1.807, 2.05) is 21.3 Å². The molecule has 8 heteroatoms. The Bertz CT molecular complexity index is 2100. The van der Waals surface area contributed by atoms with Gasteiger partial charge in [-0.05, 0) is 242 Å². The second-order valence-corrected chi connectivity index (χ2v) is 30.7. The van der Waals surface area contributed by atoms with Gasteiger partial charge in [-0.1, -0.05) is 82.7 Å². The lowest BCUT2D eigenvalue weighted by Gasteiger charge is -2.73. The molecule has 10 rings (SSSR count). The fourth-order valence-corrected chi connectivity index (χ4v) is 24.9. The Morgan fingerprint density at radius 1 is 0.473 bits per heavy atom. The third-order valence-electron chi connectivity index (χ3n) is 28.6. The van der Waals surface area contributed by atoms with E-state index >= 15 is 0 Å². The third-order valence-corrected chi connectivity index (χ3v) is 28.6. The number of carbonyl (C=O) groups is 2. The van der Waals surface area contributed by atoms with Crippen molar-refractivity contribution >= 4 is 11.9 Å². The molecule has 74 heavy (non-hydrogen) atoms. The Balaban J connectivity index is 0.000000182. The molecule has 0 amide bonds. The van der Waals surface area contributed by atoms with Gasteiger partial charge >= 0.3 is 11.9 Å². The lowest BCUT2D eigenvalue weighted by atomic mass is 9.32. The van der Waals surface area contributed by atoms with Gasteiger partial charge in [0.05, 0.1) is 43.9 Å².